The molecule has 0 N–H and O–H groups in total. The van der Waals surface area contributed by atoms with Gasteiger partial charge in [-0.05, 0) is 12.3 Å². The Labute approximate surface area is 97.0 Å². The molecule has 0 aliphatic carbocycles. The zero-order chi connectivity index (χ0) is 12.0. The fraction of sp³-hybridized carbons (Fsp3) is 1.00. The molecule has 1 unspecified atom stereocenters. The third kappa shape index (κ3) is 5.75. The first-order chi connectivity index (χ1) is 7.58. The molecule has 1 atom stereocenters. The number of halogens is 2. The van der Waals surface area contributed by atoms with Gasteiger partial charge < -0.3 is 4.74 Å². The lowest BCUT2D eigenvalue weighted by molar-refractivity contribution is -0.0484. The Hall–Kier alpha value is -0.220. The summed E-state index contributed by atoms with van der Waals surface area (Å²) in [6, 6.07) is 0. The van der Waals surface area contributed by atoms with E-state index in [1.807, 2.05) is 4.90 Å². The van der Waals surface area contributed by atoms with Crippen molar-refractivity contribution in [3.63, 3.8) is 0 Å². The van der Waals surface area contributed by atoms with Crippen LogP contribution in [-0.4, -0.2) is 43.7 Å². The Kier molecular flexibility index (Phi) is 6.21. The number of ether oxygens (including phenoxy) is 1. The number of alkyl halides is 2. The normalized spacial score (nSPS) is 23.2. The summed E-state index contributed by atoms with van der Waals surface area (Å²) >= 11 is 0. The molecule has 1 rings (SSSR count). The van der Waals surface area contributed by atoms with Crippen molar-refractivity contribution < 1.29 is 13.5 Å². The fourth-order valence-corrected chi connectivity index (χ4v) is 2.07. The molecule has 1 heterocycles. The minimum absolute atomic E-state index is 0.107. The summed E-state index contributed by atoms with van der Waals surface area (Å²) in [7, 11) is 0. The van der Waals surface area contributed by atoms with Gasteiger partial charge in [0, 0.05) is 13.1 Å². The molecule has 1 saturated heterocycles. The highest BCUT2D eigenvalue weighted by Crippen LogP contribution is 2.15. The topological polar surface area (TPSA) is 12.5 Å². The summed E-state index contributed by atoms with van der Waals surface area (Å²) in [6.45, 7) is 6.20. The molecule has 4 heteroatoms. The van der Waals surface area contributed by atoms with Crippen LogP contribution in [0.1, 0.15) is 33.1 Å². The smallest absolute Gasteiger partial charge is 0.251 e. The second-order valence-electron chi connectivity index (χ2n) is 4.97. The van der Waals surface area contributed by atoms with E-state index in [0.717, 1.165) is 12.8 Å². The van der Waals surface area contributed by atoms with Crippen LogP contribution in [0.2, 0.25) is 0 Å². The molecule has 0 aromatic rings. The van der Waals surface area contributed by atoms with Crippen LogP contribution in [0.3, 0.4) is 0 Å². The summed E-state index contributed by atoms with van der Waals surface area (Å²) in [5, 5.41) is 0. The summed E-state index contributed by atoms with van der Waals surface area (Å²) in [6.07, 6.45) is 1.25. The predicted molar refractivity (Wildman–Crippen MR) is 60.9 cm³/mol. The molecular weight excluding hydrogens is 212 g/mol. The number of morpholine rings is 1. The second kappa shape index (κ2) is 7.17. The molecule has 2 nitrogen and oxygen atoms in total. The lowest BCUT2D eigenvalue weighted by Gasteiger charge is -2.32. The fourth-order valence-electron chi connectivity index (χ4n) is 2.07. The van der Waals surface area contributed by atoms with E-state index in [1.54, 1.807) is 0 Å². The van der Waals surface area contributed by atoms with E-state index in [-0.39, 0.29) is 12.6 Å². The minimum Gasteiger partial charge on any atom is -0.376 e. The lowest BCUT2D eigenvalue weighted by atomic mass is 10.0. The third-order valence-electron chi connectivity index (χ3n) is 2.93. The van der Waals surface area contributed by atoms with Gasteiger partial charge in [0.25, 0.3) is 6.43 Å². The minimum atomic E-state index is -2.23. The van der Waals surface area contributed by atoms with E-state index in [4.69, 9.17) is 4.74 Å². The maximum atomic E-state index is 12.2. The molecule has 1 fully saturated rings. The molecule has 0 radical (unpaired) electrons. The predicted octanol–water partition coefficient (Wildman–Crippen LogP) is 2.78. The van der Waals surface area contributed by atoms with E-state index in [0.29, 0.717) is 25.6 Å². The van der Waals surface area contributed by atoms with Crippen molar-refractivity contribution in [2.24, 2.45) is 5.92 Å². The van der Waals surface area contributed by atoms with Gasteiger partial charge in [0.15, 0.2) is 0 Å². The SMILES string of the molecule is CC(C)CCCC1CN(CC(F)F)CCO1. The van der Waals surface area contributed by atoms with E-state index in [9.17, 15) is 8.78 Å². The summed E-state index contributed by atoms with van der Waals surface area (Å²) in [4.78, 5) is 1.81. The highest BCUT2D eigenvalue weighted by Gasteiger charge is 2.22. The molecule has 0 amide bonds. The lowest BCUT2D eigenvalue weighted by Crippen LogP contribution is -2.44. The van der Waals surface area contributed by atoms with E-state index < -0.39 is 6.43 Å². The van der Waals surface area contributed by atoms with Crippen molar-refractivity contribution in [2.75, 3.05) is 26.2 Å². The molecule has 0 aromatic heterocycles. The van der Waals surface area contributed by atoms with Gasteiger partial charge in [0.05, 0.1) is 19.3 Å². The Morgan fingerprint density at radius 3 is 2.75 bits per heavy atom. The van der Waals surface area contributed by atoms with Gasteiger partial charge in [-0.1, -0.05) is 26.7 Å². The van der Waals surface area contributed by atoms with Gasteiger partial charge in [-0.25, -0.2) is 8.78 Å². The van der Waals surface area contributed by atoms with E-state index in [2.05, 4.69) is 13.8 Å². The highest BCUT2D eigenvalue weighted by atomic mass is 19.3. The van der Waals surface area contributed by atoms with Crippen LogP contribution in [-0.2, 0) is 4.74 Å². The molecule has 0 aromatic carbocycles. The molecule has 0 spiro atoms. The standard InChI is InChI=1S/C12H23F2NO/c1-10(2)4-3-5-11-8-15(6-7-16-11)9-12(13)14/h10-12H,3-9H2,1-2H3. The summed E-state index contributed by atoms with van der Waals surface area (Å²) < 4.78 is 30.0. The molecule has 0 bridgehead atoms. The van der Waals surface area contributed by atoms with Gasteiger partial charge in [-0.15, -0.1) is 0 Å². The average molecular weight is 235 g/mol. The molecule has 96 valence electrons. The van der Waals surface area contributed by atoms with Crippen LogP contribution in [0, 0.1) is 5.92 Å². The van der Waals surface area contributed by atoms with E-state index >= 15 is 0 Å². The van der Waals surface area contributed by atoms with Crippen molar-refractivity contribution in [3.05, 3.63) is 0 Å². The van der Waals surface area contributed by atoms with Gasteiger partial charge >= 0.3 is 0 Å². The van der Waals surface area contributed by atoms with Crippen LogP contribution >= 0.6 is 0 Å². The van der Waals surface area contributed by atoms with Crippen molar-refractivity contribution in [3.8, 4) is 0 Å². The van der Waals surface area contributed by atoms with Crippen molar-refractivity contribution in [1.82, 2.24) is 4.90 Å². The Balaban J connectivity index is 2.17. The van der Waals surface area contributed by atoms with Gasteiger partial charge in [-0.3, -0.25) is 4.90 Å². The molecule has 16 heavy (non-hydrogen) atoms. The largest absolute Gasteiger partial charge is 0.376 e. The highest BCUT2D eigenvalue weighted by molar-refractivity contribution is 4.72. The van der Waals surface area contributed by atoms with Gasteiger partial charge in [0.1, 0.15) is 0 Å². The Bertz CT molecular complexity index is 188. The first kappa shape index (κ1) is 13.8. The number of hydrogen-bond donors (Lipinski definition) is 0. The maximum Gasteiger partial charge on any atom is 0.251 e. The number of rotatable bonds is 6. The van der Waals surface area contributed by atoms with Crippen molar-refractivity contribution >= 4 is 0 Å². The first-order valence-electron chi connectivity index (χ1n) is 6.20. The quantitative estimate of drug-likeness (QED) is 0.702. The zero-order valence-corrected chi connectivity index (χ0v) is 10.3. The molecule has 1 aliphatic rings. The van der Waals surface area contributed by atoms with Crippen LogP contribution < -0.4 is 0 Å². The van der Waals surface area contributed by atoms with Crippen molar-refractivity contribution in [2.45, 2.75) is 45.6 Å². The third-order valence-corrected chi connectivity index (χ3v) is 2.93. The molecular formula is C12H23F2NO. The maximum absolute atomic E-state index is 12.2. The molecule has 0 saturated carbocycles. The Morgan fingerprint density at radius 2 is 2.12 bits per heavy atom. The van der Waals surface area contributed by atoms with E-state index in [1.165, 1.54) is 6.42 Å². The monoisotopic (exact) mass is 235 g/mol. The zero-order valence-electron chi connectivity index (χ0n) is 10.3. The van der Waals surface area contributed by atoms with Crippen LogP contribution in [0.4, 0.5) is 8.78 Å². The van der Waals surface area contributed by atoms with Crippen LogP contribution in [0.15, 0.2) is 0 Å². The second-order valence-corrected chi connectivity index (χ2v) is 4.97. The van der Waals surface area contributed by atoms with Gasteiger partial charge in [-0.2, -0.15) is 0 Å². The van der Waals surface area contributed by atoms with Crippen molar-refractivity contribution in [1.29, 1.82) is 0 Å². The first-order valence-corrected chi connectivity index (χ1v) is 6.20. The number of nitrogens with zero attached hydrogens (tertiary/aromatic N) is 1. The van der Waals surface area contributed by atoms with Crippen LogP contribution in [0.25, 0.3) is 0 Å². The Morgan fingerprint density at radius 1 is 1.38 bits per heavy atom. The summed E-state index contributed by atoms with van der Waals surface area (Å²) in [5.74, 6) is 0.709. The summed E-state index contributed by atoms with van der Waals surface area (Å²) in [5.41, 5.74) is 0. The van der Waals surface area contributed by atoms with Crippen LogP contribution in [0.5, 0.6) is 0 Å². The van der Waals surface area contributed by atoms with Gasteiger partial charge in [0.2, 0.25) is 0 Å². The number of hydrogen-bond acceptors (Lipinski definition) is 2. The average Bonchev–Trinajstić information content (AvgIpc) is 2.16. The molecule has 1 aliphatic heterocycles.